The number of anilines is 1. The molecule has 2 N–H and O–H groups in total. The monoisotopic (exact) mass is 347 g/mol. The number of amidine groups is 1. The standard InChI is InChI=1S/C17H15Cl2N3O/c18-12-4-7-15(19)14(10-12)17(23)22-13-5-2-11(3-6-13)16-20-8-1-9-21-16/h2-7,10H,1,8-9H2,(H,20,21)(H,22,23). The Labute approximate surface area is 144 Å². The van der Waals surface area contributed by atoms with Gasteiger partial charge in [-0.25, -0.2) is 0 Å². The molecule has 0 aliphatic carbocycles. The van der Waals surface area contributed by atoms with E-state index in [9.17, 15) is 4.79 Å². The van der Waals surface area contributed by atoms with Gasteiger partial charge in [-0.05, 0) is 48.9 Å². The van der Waals surface area contributed by atoms with Crippen LogP contribution in [0.1, 0.15) is 22.3 Å². The zero-order valence-corrected chi connectivity index (χ0v) is 13.8. The van der Waals surface area contributed by atoms with Gasteiger partial charge in [-0.15, -0.1) is 0 Å². The van der Waals surface area contributed by atoms with Crippen LogP contribution in [0.25, 0.3) is 0 Å². The highest BCUT2D eigenvalue weighted by molar-refractivity contribution is 6.36. The smallest absolute Gasteiger partial charge is 0.257 e. The van der Waals surface area contributed by atoms with Crippen LogP contribution in [-0.4, -0.2) is 24.8 Å². The van der Waals surface area contributed by atoms with Gasteiger partial charge in [0.1, 0.15) is 5.84 Å². The zero-order chi connectivity index (χ0) is 16.2. The molecule has 0 fully saturated rings. The molecule has 0 radical (unpaired) electrons. The quantitative estimate of drug-likeness (QED) is 0.881. The number of rotatable bonds is 3. The molecule has 0 saturated carbocycles. The molecular formula is C17H15Cl2N3O. The Balaban J connectivity index is 1.74. The Hall–Kier alpha value is -2.04. The second-order valence-electron chi connectivity index (χ2n) is 5.17. The minimum absolute atomic E-state index is 0.293. The molecule has 0 bridgehead atoms. The van der Waals surface area contributed by atoms with Crippen molar-refractivity contribution < 1.29 is 4.79 Å². The maximum Gasteiger partial charge on any atom is 0.257 e. The van der Waals surface area contributed by atoms with Crippen LogP contribution in [0.2, 0.25) is 10.0 Å². The topological polar surface area (TPSA) is 53.5 Å². The summed E-state index contributed by atoms with van der Waals surface area (Å²) in [6, 6.07) is 12.3. The summed E-state index contributed by atoms with van der Waals surface area (Å²) in [5, 5.41) is 6.91. The average molecular weight is 348 g/mol. The third-order valence-electron chi connectivity index (χ3n) is 3.49. The molecule has 2 aromatic carbocycles. The summed E-state index contributed by atoms with van der Waals surface area (Å²) < 4.78 is 0. The Morgan fingerprint density at radius 3 is 2.61 bits per heavy atom. The van der Waals surface area contributed by atoms with Gasteiger partial charge in [-0.3, -0.25) is 9.79 Å². The Bertz CT molecular complexity index is 757. The lowest BCUT2D eigenvalue weighted by Crippen LogP contribution is -2.30. The van der Waals surface area contributed by atoms with Gasteiger partial charge in [0.05, 0.1) is 10.6 Å². The number of hydrogen-bond donors (Lipinski definition) is 2. The van der Waals surface area contributed by atoms with Gasteiger partial charge >= 0.3 is 0 Å². The van der Waals surface area contributed by atoms with Crippen molar-refractivity contribution in [2.75, 3.05) is 18.4 Å². The summed E-state index contributed by atoms with van der Waals surface area (Å²) in [7, 11) is 0. The van der Waals surface area contributed by atoms with Crippen molar-refractivity contribution in [3.63, 3.8) is 0 Å². The summed E-state index contributed by atoms with van der Waals surface area (Å²) in [4.78, 5) is 16.7. The van der Waals surface area contributed by atoms with Crippen LogP contribution in [0, 0.1) is 0 Å². The molecule has 0 aromatic heterocycles. The molecule has 1 aliphatic rings. The molecular weight excluding hydrogens is 333 g/mol. The van der Waals surface area contributed by atoms with Crippen molar-refractivity contribution >= 4 is 40.6 Å². The van der Waals surface area contributed by atoms with Crippen molar-refractivity contribution in [1.82, 2.24) is 5.32 Å². The molecule has 0 atom stereocenters. The predicted molar refractivity (Wildman–Crippen MR) is 94.9 cm³/mol. The fourth-order valence-electron chi connectivity index (χ4n) is 2.31. The first-order chi connectivity index (χ1) is 11.1. The van der Waals surface area contributed by atoms with Crippen LogP contribution in [0.15, 0.2) is 47.5 Å². The van der Waals surface area contributed by atoms with Crippen LogP contribution in [-0.2, 0) is 0 Å². The Kier molecular flexibility index (Phi) is 4.84. The summed E-state index contributed by atoms with van der Waals surface area (Å²) in [5.41, 5.74) is 2.04. The second kappa shape index (κ2) is 7.02. The molecule has 118 valence electrons. The molecule has 1 amide bonds. The largest absolute Gasteiger partial charge is 0.370 e. The molecule has 0 spiro atoms. The van der Waals surface area contributed by atoms with E-state index < -0.39 is 0 Å². The molecule has 0 unspecified atom stereocenters. The lowest BCUT2D eigenvalue weighted by atomic mass is 10.1. The lowest BCUT2D eigenvalue weighted by Gasteiger charge is -2.15. The van der Waals surface area contributed by atoms with Gasteiger partial charge in [-0.2, -0.15) is 0 Å². The van der Waals surface area contributed by atoms with E-state index in [1.54, 1.807) is 18.2 Å². The highest BCUT2D eigenvalue weighted by atomic mass is 35.5. The minimum Gasteiger partial charge on any atom is -0.370 e. The van der Waals surface area contributed by atoms with E-state index in [-0.39, 0.29) is 5.91 Å². The van der Waals surface area contributed by atoms with Crippen molar-refractivity contribution in [2.45, 2.75) is 6.42 Å². The number of nitrogens with zero attached hydrogens (tertiary/aromatic N) is 1. The van der Waals surface area contributed by atoms with E-state index >= 15 is 0 Å². The number of nitrogens with one attached hydrogen (secondary N) is 2. The summed E-state index contributed by atoms with van der Waals surface area (Å²) in [6.07, 6.45) is 1.05. The number of halogens is 2. The van der Waals surface area contributed by atoms with Gasteiger partial charge < -0.3 is 10.6 Å². The highest BCUT2D eigenvalue weighted by Crippen LogP contribution is 2.22. The van der Waals surface area contributed by atoms with Crippen LogP contribution < -0.4 is 10.6 Å². The zero-order valence-electron chi connectivity index (χ0n) is 12.3. The summed E-state index contributed by atoms with van der Waals surface area (Å²) >= 11 is 12.0. The molecule has 6 heteroatoms. The number of amides is 1. The number of benzene rings is 2. The predicted octanol–water partition coefficient (Wildman–Crippen LogP) is 3.99. The first kappa shape index (κ1) is 15.8. The van der Waals surface area contributed by atoms with Crippen molar-refractivity contribution in [2.24, 2.45) is 4.99 Å². The fourth-order valence-corrected chi connectivity index (χ4v) is 2.68. The molecule has 2 aromatic rings. The lowest BCUT2D eigenvalue weighted by molar-refractivity contribution is 0.102. The molecule has 1 heterocycles. The second-order valence-corrected chi connectivity index (χ2v) is 6.01. The van der Waals surface area contributed by atoms with Crippen molar-refractivity contribution in [1.29, 1.82) is 0 Å². The maximum absolute atomic E-state index is 12.3. The number of carbonyl (C=O) groups excluding carboxylic acids is 1. The maximum atomic E-state index is 12.3. The SMILES string of the molecule is O=C(Nc1ccc(C2=NCCCN2)cc1)c1cc(Cl)ccc1Cl. The van der Waals surface area contributed by atoms with E-state index in [0.717, 1.165) is 30.9 Å². The molecule has 1 aliphatic heterocycles. The Morgan fingerprint density at radius 2 is 1.91 bits per heavy atom. The van der Waals surface area contributed by atoms with Gasteiger partial charge in [0.2, 0.25) is 0 Å². The number of hydrogen-bond acceptors (Lipinski definition) is 3. The number of carbonyl (C=O) groups is 1. The van der Waals surface area contributed by atoms with E-state index in [1.807, 2.05) is 24.3 Å². The molecule has 23 heavy (non-hydrogen) atoms. The molecule has 0 saturated heterocycles. The highest BCUT2D eigenvalue weighted by Gasteiger charge is 2.12. The Morgan fingerprint density at radius 1 is 1.13 bits per heavy atom. The van der Waals surface area contributed by atoms with E-state index in [2.05, 4.69) is 15.6 Å². The first-order valence-electron chi connectivity index (χ1n) is 7.28. The summed E-state index contributed by atoms with van der Waals surface area (Å²) in [5.74, 6) is 0.602. The molecule has 4 nitrogen and oxygen atoms in total. The van der Waals surface area contributed by atoms with Crippen LogP contribution >= 0.6 is 23.2 Å². The average Bonchev–Trinajstić information content (AvgIpc) is 2.58. The normalized spacial score (nSPS) is 13.9. The van der Waals surface area contributed by atoms with Gasteiger partial charge in [0.25, 0.3) is 5.91 Å². The number of aliphatic imine (C=N–C) groups is 1. The van der Waals surface area contributed by atoms with Gasteiger partial charge in [0, 0.05) is 29.4 Å². The van der Waals surface area contributed by atoms with Gasteiger partial charge in [-0.1, -0.05) is 23.2 Å². The third kappa shape index (κ3) is 3.84. The van der Waals surface area contributed by atoms with Crippen LogP contribution in [0.3, 0.4) is 0 Å². The minimum atomic E-state index is -0.293. The van der Waals surface area contributed by atoms with E-state index in [4.69, 9.17) is 23.2 Å². The van der Waals surface area contributed by atoms with Crippen LogP contribution in [0.5, 0.6) is 0 Å². The molecule has 3 rings (SSSR count). The van der Waals surface area contributed by atoms with Crippen molar-refractivity contribution in [3.8, 4) is 0 Å². The van der Waals surface area contributed by atoms with E-state index in [1.165, 1.54) is 0 Å². The summed E-state index contributed by atoms with van der Waals surface area (Å²) in [6.45, 7) is 1.78. The first-order valence-corrected chi connectivity index (χ1v) is 8.04. The van der Waals surface area contributed by atoms with E-state index in [0.29, 0.717) is 21.3 Å². The van der Waals surface area contributed by atoms with Crippen LogP contribution in [0.4, 0.5) is 5.69 Å². The third-order valence-corrected chi connectivity index (χ3v) is 4.05. The van der Waals surface area contributed by atoms with Crippen molar-refractivity contribution in [3.05, 3.63) is 63.6 Å². The fraction of sp³-hybridized carbons (Fsp3) is 0.176. The van der Waals surface area contributed by atoms with Gasteiger partial charge in [0.15, 0.2) is 0 Å².